The largest absolute Gasteiger partial charge is 0.354 e. The number of guanidine groups is 1. The molecule has 6 nitrogen and oxygen atoms in total. The summed E-state index contributed by atoms with van der Waals surface area (Å²) >= 11 is 1.76. The molecule has 8 heteroatoms. The molecule has 2 aromatic rings. The zero-order valence-electron chi connectivity index (χ0n) is 15.6. The molecule has 26 heavy (non-hydrogen) atoms. The van der Waals surface area contributed by atoms with E-state index in [2.05, 4.69) is 56.3 Å². The van der Waals surface area contributed by atoms with Crippen LogP contribution in [0.1, 0.15) is 37.4 Å². The second-order valence-corrected chi connectivity index (χ2v) is 7.64. The van der Waals surface area contributed by atoms with E-state index in [0.29, 0.717) is 0 Å². The Morgan fingerprint density at radius 3 is 2.88 bits per heavy atom. The van der Waals surface area contributed by atoms with Crippen molar-refractivity contribution in [3.8, 4) is 0 Å². The highest BCUT2D eigenvalue weighted by Gasteiger charge is 2.18. The van der Waals surface area contributed by atoms with Gasteiger partial charge in [0.15, 0.2) is 5.96 Å². The quantitative estimate of drug-likeness (QED) is 0.385. The molecule has 1 fully saturated rings. The second-order valence-electron chi connectivity index (χ2n) is 6.61. The minimum atomic E-state index is 0. The maximum absolute atomic E-state index is 4.88. The van der Waals surface area contributed by atoms with Gasteiger partial charge in [-0.1, -0.05) is 19.9 Å². The van der Waals surface area contributed by atoms with E-state index in [1.54, 1.807) is 11.3 Å². The molecule has 2 aromatic heterocycles. The summed E-state index contributed by atoms with van der Waals surface area (Å²) in [6.45, 7) is 9.06. The van der Waals surface area contributed by atoms with Crippen molar-refractivity contribution in [2.75, 3.05) is 19.6 Å². The fraction of sp³-hybridized carbons (Fsp3) is 0.611. The number of thiophene rings is 1. The van der Waals surface area contributed by atoms with Gasteiger partial charge in [0, 0.05) is 37.5 Å². The van der Waals surface area contributed by atoms with Crippen LogP contribution in [0.25, 0.3) is 0 Å². The average Bonchev–Trinajstić information content (AvgIpc) is 3.30. The second kappa shape index (κ2) is 10.9. The van der Waals surface area contributed by atoms with Gasteiger partial charge in [-0.2, -0.15) is 0 Å². The molecule has 0 amide bonds. The number of hydrogen-bond acceptors (Lipinski definition) is 4. The fourth-order valence-electron chi connectivity index (χ4n) is 3.07. The van der Waals surface area contributed by atoms with E-state index in [1.807, 2.05) is 6.33 Å². The van der Waals surface area contributed by atoms with Crippen LogP contribution in [0.15, 0.2) is 28.8 Å². The minimum absolute atomic E-state index is 0. The van der Waals surface area contributed by atoms with Gasteiger partial charge >= 0.3 is 0 Å². The van der Waals surface area contributed by atoms with Crippen molar-refractivity contribution in [2.24, 2.45) is 10.9 Å². The van der Waals surface area contributed by atoms with Gasteiger partial charge in [-0.15, -0.1) is 45.5 Å². The first-order valence-electron chi connectivity index (χ1n) is 9.18. The first-order valence-corrected chi connectivity index (χ1v) is 10.1. The zero-order valence-corrected chi connectivity index (χ0v) is 18.7. The third-order valence-electron chi connectivity index (χ3n) is 4.70. The van der Waals surface area contributed by atoms with E-state index >= 15 is 0 Å². The third-order valence-corrected chi connectivity index (χ3v) is 5.56. The molecule has 0 radical (unpaired) electrons. The minimum Gasteiger partial charge on any atom is -0.354 e. The summed E-state index contributed by atoms with van der Waals surface area (Å²) < 4.78 is 2.11. The molecule has 0 bridgehead atoms. The number of aromatic nitrogens is 3. The maximum Gasteiger partial charge on any atom is 0.194 e. The van der Waals surface area contributed by atoms with E-state index in [1.165, 1.54) is 17.7 Å². The number of aryl methyl sites for hydroxylation is 1. The smallest absolute Gasteiger partial charge is 0.194 e. The number of piperidine rings is 1. The molecule has 0 aliphatic carbocycles. The molecule has 0 atom stereocenters. The topological polar surface area (TPSA) is 58.3 Å². The van der Waals surface area contributed by atoms with E-state index in [4.69, 9.17) is 4.99 Å². The van der Waals surface area contributed by atoms with Gasteiger partial charge in [0.25, 0.3) is 0 Å². The lowest BCUT2D eigenvalue weighted by molar-refractivity contribution is 0.272. The highest BCUT2D eigenvalue weighted by molar-refractivity contribution is 14.0. The number of nitrogens with one attached hydrogen (secondary N) is 1. The van der Waals surface area contributed by atoms with Crippen LogP contribution >= 0.6 is 35.3 Å². The number of hydrogen-bond donors (Lipinski definition) is 1. The third kappa shape index (κ3) is 5.94. The molecule has 3 rings (SSSR count). The number of nitrogens with zero attached hydrogens (tertiary/aromatic N) is 5. The van der Waals surface area contributed by atoms with Crippen LogP contribution in [0.3, 0.4) is 0 Å². The van der Waals surface area contributed by atoms with Crippen LogP contribution in [-0.4, -0.2) is 45.3 Å². The SMILES string of the molecule is CCc1nncn1CCNC(=NCc1cccs1)N1CCC(C)CC1.I. The first-order chi connectivity index (χ1) is 12.3. The van der Waals surface area contributed by atoms with Crippen molar-refractivity contribution in [3.63, 3.8) is 0 Å². The average molecular weight is 488 g/mol. The van der Waals surface area contributed by atoms with Crippen molar-refractivity contribution < 1.29 is 0 Å². The normalized spacial score (nSPS) is 15.8. The van der Waals surface area contributed by atoms with E-state index in [9.17, 15) is 0 Å². The molecular weight excluding hydrogens is 459 g/mol. The Balaban J connectivity index is 0.00000243. The Bertz CT molecular complexity index is 661. The molecule has 0 unspecified atom stereocenters. The van der Waals surface area contributed by atoms with Gasteiger partial charge in [0.2, 0.25) is 0 Å². The number of halogens is 1. The van der Waals surface area contributed by atoms with E-state index in [0.717, 1.165) is 56.8 Å². The number of rotatable bonds is 6. The predicted molar refractivity (Wildman–Crippen MR) is 118 cm³/mol. The standard InChI is InChI=1S/C18H28N6S.HI/c1-3-17-22-21-14-24(17)11-8-19-18(20-13-16-5-4-12-25-16)23-9-6-15(2)7-10-23;/h4-5,12,14-15H,3,6-11,13H2,1-2H3,(H,19,20);1H. The summed E-state index contributed by atoms with van der Waals surface area (Å²) in [5.74, 6) is 2.89. The summed E-state index contributed by atoms with van der Waals surface area (Å²) in [7, 11) is 0. The Morgan fingerprint density at radius 2 is 2.19 bits per heavy atom. The lowest BCUT2D eigenvalue weighted by atomic mass is 10.00. The molecule has 1 aliphatic heterocycles. The lowest BCUT2D eigenvalue weighted by Crippen LogP contribution is -2.46. The molecule has 144 valence electrons. The van der Waals surface area contributed by atoms with Gasteiger partial charge in [0.05, 0.1) is 6.54 Å². The molecule has 1 saturated heterocycles. The summed E-state index contributed by atoms with van der Waals surface area (Å²) in [4.78, 5) is 8.58. The molecule has 1 aliphatic rings. The Labute approximate surface area is 177 Å². The van der Waals surface area contributed by atoms with Crippen molar-refractivity contribution in [1.82, 2.24) is 25.0 Å². The molecular formula is C18H29IN6S. The highest BCUT2D eigenvalue weighted by atomic mass is 127. The van der Waals surface area contributed by atoms with Gasteiger partial charge < -0.3 is 14.8 Å². The monoisotopic (exact) mass is 488 g/mol. The van der Waals surface area contributed by atoms with E-state index < -0.39 is 0 Å². The number of aliphatic imine (C=N–C) groups is 1. The Kier molecular flexibility index (Phi) is 8.83. The van der Waals surface area contributed by atoms with E-state index in [-0.39, 0.29) is 24.0 Å². The molecule has 3 heterocycles. The van der Waals surface area contributed by atoms with Crippen molar-refractivity contribution >= 4 is 41.3 Å². The fourth-order valence-corrected chi connectivity index (χ4v) is 3.70. The predicted octanol–water partition coefficient (Wildman–Crippen LogP) is 3.40. The summed E-state index contributed by atoms with van der Waals surface area (Å²) in [5, 5.41) is 13.8. The van der Waals surface area contributed by atoms with Crippen LogP contribution in [0.2, 0.25) is 0 Å². The van der Waals surface area contributed by atoms with Crippen LogP contribution in [0.4, 0.5) is 0 Å². The number of likely N-dealkylation sites (tertiary alicyclic amines) is 1. The summed E-state index contributed by atoms with van der Waals surface area (Å²) in [5.41, 5.74) is 0. The first kappa shape index (κ1) is 21.1. The van der Waals surface area contributed by atoms with Crippen LogP contribution in [-0.2, 0) is 19.5 Å². The Morgan fingerprint density at radius 1 is 1.38 bits per heavy atom. The molecule has 0 aromatic carbocycles. The summed E-state index contributed by atoms with van der Waals surface area (Å²) in [6.07, 6.45) is 5.20. The van der Waals surface area contributed by atoms with Crippen LogP contribution in [0.5, 0.6) is 0 Å². The van der Waals surface area contributed by atoms with Gasteiger partial charge in [0.1, 0.15) is 12.2 Å². The zero-order chi connectivity index (χ0) is 17.5. The van der Waals surface area contributed by atoms with Gasteiger partial charge in [-0.3, -0.25) is 0 Å². The van der Waals surface area contributed by atoms with Crippen LogP contribution in [0, 0.1) is 5.92 Å². The van der Waals surface area contributed by atoms with Crippen molar-refractivity contribution in [2.45, 2.75) is 46.2 Å². The maximum atomic E-state index is 4.88. The highest BCUT2D eigenvalue weighted by Crippen LogP contribution is 2.16. The van der Waals surface area contributed by atoms with Crippen LogP contribution < -0.4 is 5.32 Å². The molecule has 0 saturated carbocycles. The van der Waals surface area contributed by atoms with Gasteiger partial charge in [-0.25, -0.2) is 4.99 Å². The Hall–Kier alpha value is -1.16. The summed E-state index contributed by atoms with van der Waals surface area (Å²) in [6, 6.07) is 4.23. The lowest BCUT2D eigenvalue weighted by Gasteiger charge is -2.33. The molecule has 1 N–H and O–H groups in total. The van der Waals surface area contributed by atoms with Crippen molar-refractivity contribution in [1.29, 1.82) is 0 Å². The van der Waals surface area contributed by atoms with Gasteiger partial charge in [-0.05, 0) is 30.2 Å². The van der Waals surface area contributed by atoms with Crippen molar-refractivity contribution in [3.05, 3.63) is 34.5 Å². The molecule has 0 spiro atoms.